The van der Waals surface area contributed by atoms with Crippen molar-refractivity contribution in [1.29, 1.82) is 0 Å². The van der Waals surface area contributed by atoms with Gasteiger partial charge in [-0.15, -0.1) is 0 Å². The SMILES string of the molecule is CCCCC(Nc1ccc(Cl)cc1Cl)c1ccc(F)cc1. The van der Waals surface area contributed by atoms with Crippen LogP contribution in [0.2, 0.25) is 10.0 Å². The monoisotopic (exact) mass is 325 g/mol. The summed E-state index contributed by atoms with van der Waals surface area (Å²) in [6.45, 7) is 2.15. The highest BCUT2D eigenvalue weighted by Gasteiger charge is 2.13. The van der Waals surface area contributed by atoms with E-state index >= 15 is 0 Å². The Morgan fingerprint density at radius 3 is 2.43 bits per heavy atom. The molecule has 1 unspecified atom stereocenters. The molecule has 1 nitrogen and oxygen atoms in total. The Hall–Kier alpha value is -1.25. The Morgan fingerprint density at radius 2 is 1.81 bits per heavy atom. The van der Waals surface area contributed by atoms with Crippen molar-refractivity contribution < 1.29 is 4.39 Å². The van der Waals surface area contributed by atoms with Crippen molar-refractivity contribution in [1.82, 2.24) is 0 Å². The summed E-state index contributed by atoms with van der Waals surface area (Å²) >= 11 is 12.1. The Bertz CT molecular complexity index is 584. The highest BCUT2D eigenvalue weighted by Crippen LogP contribution is 2.31. The lowest BCUT2D eigenvalue weighted by molar-refractivity contribution is 0.616. The first kappa shape index (κ1) is 16.1. The standard InChI is InChI=1S/C17H18Cl2FN/c1-2-3-4-16(12-5-8-14(20)9-6-12)21-17-10-7-13(18)11-15(17)19/h5-11,16,21H,2-4H2,1H3. The van der Waals surface area contributed by atoms with Crippen molar-refractivity contribution in [3.63, 3.8) is 0 Å². The molecule has 2 rings (SSSR count). The summed E-state index contributed by atoms with van der Waals surface area (Å²) in [4.78, 5) is 0. The second-order valence-corrected chi connectivity index (χ2v) is 5.86. The molecule has 0 spiro atoms. The zero-order valence-corrected chi connectivity index (χ0v) is 13.4. The average Bonchev–Trinajstić information content (AvgIpc) is 2.46. The number of hydrogen-bond donors (Lipinski definition) is 1. The van der Waals surface area contributed by atoms with Crippen LogP contribution < -0.4 is 5.32 Å². The van der Waals surface area contributed by atoms with E-state index in [0.717, 1.165) is 30.5 Å². The Kier molecular flexibility index (Phi) is 5.89. The highest BCUT2D eigenvalue weighted by molar-refractivity contribution is 6.36. The number of unbranched alkanes of at least 4 members (excludes halogenated alkanes) is 1. The average molecular weight is 326 g/mol. The Morgan fingerprint density at radius 1 is 1.10 bits per heavy atom. The molecule has 0 fully saturated rings. The summed E-state index contributed by atoms with van der Waals surface area (Å²) in [6, 6.07) is 12.1. The molecule has 0 saturated heterocycles. The first-order valence-corrected chi connectivity index (χ1v) is 7.82. The fourth-order valence-electron chi connectivity index (χ4n) is 2.22. The Balaban J connectivity index is 2.21. The van der Waals surface area contributed by atoms with Gasteiger partial charge in [-0.3, -0.25) is 0 Å². The summed E-state index contributed by atoms with van der Waals surface area (Å²) in [6.07, 6.45) is 3.15. The minimum atomic E-state index is -0.225. The zero-order chi connectivity index (χ0) is 15.2. The molecule has 2 aromatic rings. The second kappa shape index (κ2) is 7.67. The van der Waals surface area contributed by atoms with Crippen molar-refractivity contribution in [3.8, 4) is 0 Å². The normalized spacial score (nSPS) is 12.2. The lowest BCUT2D eigenvalue weighted by Crippen LogP contribution is -2.11. The quantitative estimate of drug-likeness (QED) is 0.641. The molecule has 0 aromatic heterocycles. The van der Waals surface area contributed by atoms with Crippen molar-refractivity contribution in [2.75, 3.05) is 5.32 Å². The van der Waals surface area contributed by atoms with E-state index in [-0.39, 0.29) is 11.9 Å². The van der Waals surface area contributed by atoms with E-state index in [9.17, 15) is 4.39 Å². The molecule has 21 heavy (non-hydrogen) atoms. The topological polar surface area (TPSA) is 12.0 Å². The summed E-state index contributed by atoms with van der Waals surface area (Å²) in [5.74, 6) is -0.225. The van der Waals surface area contributed by atoms with Crippen LogP contribution in [-0.2, 0) is 0 Å². The molecule has 4 heteroatoms. The summed E-state index contributed by atoms with van der Waals surface area (Å²) in [5, 5.41) is 4.63. The van der Waals surface area contributed by atoms with E-state index in [0.29, 0.717) is 10.0 Å². The molecule has 2 aromatic carbocycles. The number of hydrogen-bond acceptors (Lipinski definition) is 1. The first-order valence-electron chi connectivity index (χ1n) is 7.07. The molecular weight excluding hydrogens is 308 g/mol. The molecule has 0 bridgehead atoms. The van der Waals surface area contributed by atoms with Gasteiger partial charge in [-0.2, -0.15) is 0 Å². The van der Waals surface area contributed by atoms with E-state index in [4.69, 9.17) is 23.2 Å². The van der Waals surface area contributed by atoms with Crippen LogP contribution in [0.15, 0.2) is 42.5 Å². The van der Waals surface area contributed by atoms with E-state index in [1.165, 1.54) is 12.1 Å². The molecule has 0 saturated carbocycles. The van der Waals surface area contributed by atoms with Crippen molar-refractivity contribution in [3.05, 3.63) is 63.9 Å². The van der Waals surface area contributed by atoms with Crippen molar-refractivity contribution >= 4 is 28.9 Å². The maximum atomic E-state index is 13.1. The van der Waals surface area contributed by atoms with Gasteiger partial charge < -0.3 is 5.32 Å². The number of benzene rings is 2. The molecular formula is C17H18Cl2FN. The van der Waals surface area contributed by atoms with Gasteiger partial charge in [-0.25, -0.2) is 4.39 Å². The van der Waals surface area contributed by atoms with E-state index < -0.39 is 0 Å². The van der Waals surface area contributed by atoms with Gasteiger partial charge in [-0.05, 0) is 42.3 Å². The maximum Gasteiger partial charge on any atom is 0.123 e. The third-order valence-corrected chi connectivity index (χ3v) is 3.93. The lowest BCUT2D eigenvalue weighted by atomic mass is 10.0. The van der Waals surface area contributed by atoms with E-state index in [1.807, 2.05) is 18.2 Å². The van der Waals surface area contributed by atoms with Gasteiger partial charge >= 0.3 is 0 Å². The van der Waals surface area contributed by atoms with E-state index in [2.05, 4.69) is 12.2 Å². The first-order chi connectivity index (χ1) is 10.1. The smallest absolute Gasteiger partial charge is 0.123 e. The van der Waals surface area contributed by atoms with Crippen LogP contribution in [0.5, 0.6) is 0 Å². The molecule has 0 aliphatic rings. The molecule has 0 aliphatic carbocycles. The number of anilines is 1. The molecule has 112 valence electrons. The van der Waals surface area contributed by atoms with Crippen LogP contribution >= 0.6 is 23.2 Å². The van der Waals surface area contributed by atoms with Gasteiger partial charge in [0.1, 0.15) is 5.82 Å². The summed E-state index contributed by atoms with van der Waals surface area (Å²) in [5.41, 5.74) is 1.89. The van der Waals surface area contributed by atoms with Crippen LogP contribution in [0.4, 0.5) is 10.1 Å². The Labute approximate surface area is 135 Å². The van der Waals surface area contributed by atoms with Crippen LogP contribution in [0.3, 0.4) is 0 Å². The summed E-state index contributed by atoms with van der Waals surface area (Å²) < 4.78 is 13.1. The molecule has 1 atom stereocenters. The van der Waals surface area contributed by atoms with Gasteiger partial charge in [0.25, 0.3) is 0 Å². The van der Waals surface area contributed by atoms with Gasteiger partial charge in [-0.1, -0.05) is 55.1 Å². The van der Waals surface area contributed by atoms with Gasteiger partial charge in [0.05, 0.1) is 16.8 Å². The van der Waals surface area contributed by atoms with Gasteiger partial charge in [0.2, 0.25) is 0 Å². The molecule has 0 radical (unpaired) electrons. The fourth-order valence-corrected chi connectivity index (χ4v) is 2.68. The third kappa shape index (κ3) is 4.62. The molecule has 0 heterocycles. The fraction of sp³-hybridized carbons (Fsp3) is 0.294. The van der Waals surface area contributed by atoms with Crippen LogP contribution in [0.1, 0.15) is 37.8 Å². The minimum absolute atomic E-state index is 0.101. The second-order valence-electron chi connectivity index (χ2n) is 5.01. The largest absolute Gasteiger partial charge is 0.377 e. The molecule has 1 N–H and O–H groups in total. The van der Waals surface area contributed by atoms with Gasteiger partial charge in [0, 0.05) is 5.02 Å². The minimum Gasteiger partial charge on any atom is -0.377 e. The predicted molar refractivity (Wildman–Crippen MR) is 88.8 cm³/mol. The van der Waals surface area contributed by atoms with Crippen molar-refractivity contribution in [2.45, 2.75) is 32.2 Å². The van der Waals surface area contributed by atoms with Crippen molar-refractivity contribution in [2.24, 2.45) is 0 Å². The van der Waals surface area contributed by atoms with E-state index in [1.54, 1.807) is 12.1 Å². The van der Waals surface area contributed by atoms with Crippen LogP contribution in [-0.4, -0.2) is 0 Å². The number of halogens is 3. The van der Waals surface area contributed by atoms with Gasteiger partial charge in [0.15, 0.2) is 0 Å². The van der Waals surface area contributed by atoms with Crippen LogP contribution in [0.25, 0.3) is 0 Å². The molecule has 0 amide bonds. The number of rotatable bonds is 6. The number of nitrogens with one attached hydrogen (secondary N) is 1. The maximum absolute atomic E-state index is 13.1. The predicted octanol–water partition coefficient (Wildman–Crippen LogP) is 6.48. The zero-order valence-electron chi connectivity index (χ0n) is 11.9. The summed E-state index contributed by atoms with van der Waals surface area (Å²) in [7, 11) is 0. The molecule has 0 aliphatic heterocycles. The highest BCUT2D eigenvalue weighted by atomic mass is 35.5. The third-order valence-electron chi connectivity index (χ3n) is 3.38. The lowest BCUT2D eigenvalue weighted by Gasteiger charge is -2.21. The van der Waals surface area contributed by atoms with Crippen LogP contribution in [0, 0.1) is 5.82 Å².